The van der Waals surface area contributed by atoms with Gasteiger partial charge in [0.15, 0.2) is 9.84 Å². The molecule has 0 radical (unpaired) electrons. The van der Waals surface area contributed by atoms with Crippen LogP contribution in [-0.4, -0.2) is 74.0 Å². The molecule has 3 aliphatic rings. The number of urea groups is 1. The van der Waals surface area contributed by atoms with E-state index in [0.717, 1.165) is 32.4 Å². The first kappa shape index (κ1) is 15.1. The van der Waals surface area contributed by atoms with Crippen molar-refractivity contribution in [2.45, 2.75) is 44.2 Å². The highest BCUT2D eigenvalue weighted by atomic mass is 32.2. The van der Waals surface area contributed by atoms with Gasteiger partial charge < -0.3 is 10.2 Å². The first-order chi connectivity index (χ1) is 10.0. The number of carbonyl (C=O) groups is 1. The maximum absolute atomic E-state index is 12.2. The van der Waals surface area contributed by atoms with E-state index in [0.29, 0.717) is 30.6 Å². The molecule has 120 valence electrons. The van der Waals surface area contributed by atoms with Gasteiger partial charge in [-0.25, -0.2) is 13.2 Å². The molecule has 3 fully saturated rings. The fourth-order valence-corrected chi connectivity index (χ4v) is 5.45. The van der Waals surface area contributed by atoms with Crippen molar-refractivity contribution in [3.05, 3.63) is 0 Å². The molecule has 1 saturated carbocycles. The molecule has 0 aromatic rings. The summed E-state index contributed by atoms with van der Waals surface area (Å²) in [4.78, 5) is 16.3. The average molecular weight is 315 g/mol. The summed E-state index contributed by atoms with van der Waals surface area (Å²) in [6, 6.07) is 0.575. The third-order valence-electron chi connectivity index (χ3n) is 5.01. The Morgan fingerprint density at radius 2 is 1.67 bits per heavy atom. The van der Waals surface area contributed by atoms with Crippen LogP contribution in [0.1, 0.15) is 32.1 Å². The molecule has 0 bridgehead atoms. The van der Waals surface area contributed by atoms with E-state index in [1.54, 1.807) is 0 Å². The highest BCUT2D eigenvalue weighted by molar-refractivity contribution is 7.91. The van der Waals surface area contributed by atoms with Crippen LogP contribution in [0.25, 0.3) is 0 Å². The lowest BCUT2D eigenvalue weighted by atomic mass is 10.2. The van der Waals surface area contributed by atoms with Crippen molar-refractivity contribution in [1.82, 2.24) is 15.1 Å². The monoisotopic (exact) mass is 315 g/mol. The molecule has 6 nitrogen and oxygen atoms in total. The number of hydrogen-bond acceptors (Lipinski definition) is 4. The first-order valence-electron chi connectivity index (χ1n) is 8.03. The van der Waals surface area contributed by atoms with Crippen molar-refractivity contribution < 1.29 is 13.2 Å². The van der Waals surface area contributed by atoms with E-state index >= 15 is 0 Å². The Morgan fingerprint density at radius 3 is 2.24 bits per heavy atom. The topological polar surface area (TPSA) is 69.7 Å². The lowest BCUT2D eigenvalue weighted by molar-refractivity contribution is 0.114. The van der Waals surface area contributed by atoms with Gasteiger partial charge in [-0.2, -0.15) is 0 Å². The minimum atomic E-state index is -2.82. The fourth-order valence-electron chi connectivity index (χ4n) is 3.69. The van der Waals surface area contributed by atoms with Gasteiger partial charge in [0.25, 0.3) is 0 Å². The second kappa shape index (κ2) is 6.12. The van der Waals surface area contributed by atoms with Gasteiger partial charge in [-0.3, -0.25) is 4.90 Å². The summed E-state index contributed by atoms with van der Waals surface area (Å²) < 4.78 is 23.1. The molecule has 2 heterocycles. The van der Waals surface area contributed by atoms with Crippen LogP contribution in [0.3, 0.4) is 0 Å². The van der Waals surface area contributed by atoms with Gasteiger partial charge >= 0.3 is 6.03 Å². The number of piperazine rings is 1. The van der Waals surface area contributed by atoms with Gasteiger partial charge in [-0.05, 0) is 19.3 Å². The minimum Gasteiger partial charge on any atom is -0.335 e. The summed E-state index contributed by atoms with van der Waals surface area (Å²) in [5.41, 5.74) is 0. The third-order valence-corrected chi connectivity index (χ3v) is 6.76. The molecular weight excluding hydrogens is 290 g/mol. The molecule has 1 unspecified atom stereocenters. The molecule has 21 heavy (non-hydrogen) atoms. The molecule has 1 N–H and O–H groups in total. The fraction of sp³-hybridized carbons (Fsp3) is 0.929. The van der Waals surface area contributed by atoms with Crippen molar-refractivity contribution in [3.63, 3.8) is 0 Å². The molecule has 0 spiro atoms. The highest BCUT2D eigenvalue weighted by Gasteiger charge is 2.34. The van der Waals surface area contributed by atoms with Crippen LogP contribution in [-0.2, 0) is 9.84 Å². The first-order valence-corrected chi connectivity index (χ1v) is 9.85. The SMILES string of the molecule is O=C(NC1CCCC1)N1CCN(C2CCS(=O)(=O)C2)CC1. The van der Waals surface area contributed by atoms with Gasteiger partial charge in [0, 0.05) is 38.3 Å². The van der Waals surface area contributed by atoms with E-state index < -0.39 is 9.84 Å². The van der Waals surface area contributed by atoms with Crippen LogP contribution in [0, 0.1) is 0 Å². The van der Waals surface area contributed by atoms with E-state index in [2.05, 4.69) is 10.2 Å². The number of rotatable bonds is 2. The molecule has 1 aliphatic carbocycles. The summed E-state index contributed by atoms with van der Waals surface area (Å²) in [6.45, 7) is 2.99. The predicted molar refractivity (Wildman–Crippen MR) is 81.0 cm³/mol. The van der Waals surface area contributed by atoms with Crippen molar-refractivity contribution in [2.24, 2.45) is 0 Å². The maximum atomic E-state index is 12.2. The lowest BCUT2D eigenvalue weighted by Gasteiger charge is -2.38. The van der Waals surface area contributed by atoms with E-state index in [9.17, 15) is 13.2 Å². The number of nitrogens with one attached hydrogen (secondary N) is 1. The molecule has 1 atom stereocenters. The summed E-state index contributed by atoms with van der Waals surface area (Å²) in [5, 5.41) is 3.12. The third kappa shape index (κ3) is 3.69. The molecule has 2 amide bonds. The van der Waals surface area contributed by atoms with Crippen LogP contribution in [0.2, 0.25) is 0 Å². The zero-order valence-electron chi connectivity index (χ0n) is 12.5. The molecule has 7 heteroatoms. The molecule has 0 aromatic heterocycles. The van der Waals surface area contributed by atoms with Gasteiger partial charge in [0.1, 0.15) is 0 Å². The van der Waals surface area contributed by atoms with Crippen molar-refractivity contribution in [2.75, 3.05) is 37.7 Å². The van der Waals surface area contributed by atoms with Gasteiger partial charge in [0.05, 0.1) is 11.5 Å². The smallest absolute Gasteiger partial charge is 0.317 e. The second-order valence-corrected chi connectivity index (χ2v) is 8.74. The predicted octanol–water partition coefficient (Wildman–Crippen LogP) is 0.443. The largest absolute Gasteiger partial charge is 0.335 e. The van der Waals surface area contributed by atoms with Crippen LogP contribution in [0.4, 0.5) is 4.79 Å². The Hall–Kier alpha value is -0.820. The number of hydrogen-bond donors (Lipinski definition) is 1. The zero-order valence-corrected chi connectivity index (χ0v) is 13.3. The molecule has 2 aliphatic heterocycles. The van der Waals surface area contributed by atoms with E-state index in [1.807, 2.05) is 4.90 Å². The zero-order chi connectivity index (χ0) is 14.9. The Morgan fingerprint density at radius 1 is 1.00 bits per heavy atom. The van der Waals surface area contributed by atoms with Gasteiger partial charge in [-0.15, -0.1) is 0 Å². The summed E-state index contributed by atoms with van der Waals surface area (Å²) in [5.74, 6) is 0.612. The van der Waals surface area contributed by atoms with Crippen LogP contribution in [0.5, 0.6) is 0 Å². The standard InChI is InChI=1S/C14H25N3O3S/c18-14(15-12-3-1-2-4-12)17-8-6-16(7-9-17)13-5-10-21(19,20)11-13/h12-13H,1-11H2,(H,15,18). The molecule has 3 rings (SSSR count). The van der Waals surface area contributed by atoms with E-state index in [4.69, 9.17) is 0 Å². The van der Waals surface area contributed by atoms with Crippen molar-refractivity contribution in [3.8, 4) is 0 Å². The maximum Gasteiger partial charge on any atom is 0.317 e. The Labute approximate surface area is 126 Å². The summed E-state index contributed by atoms with van der Waals surface area (Å²) in [7, 11) is -2.82. The molecule has 0 aromatic carbocycles. The molecule has 2 saturated heterocycles. The quantitative estimate of drug-likeness (QED) is 0.803. The highest BCUT2D eigenvalue weighted by Crippen LogP contribution is 2.20. The number of sulfone groups is 1. The second-order valence-electron chi connectivity index (χ2n) is 6.51. The van der Waals surface area contributed by atoms with Crippen molar-refractivity contribution >= 4 is 15.9 Å². The number of nitrogens with zero attached hydrogens (tertiary/aromatic N) is 2. The average Bonchev–Trinajstić information content (AvgIpc) is 3.08. The minimum absolute atomic E-state index is 0.0561. The summed E-state index contributed by atoms with van der Waals surface area (Å²) in [6.07, 6.45) is 5.39. The van der Waals surface area contributed by atoms with Crippen LogP contribution < -0.4 is 5.32 Å². The van der Waals surface area contributed by atoms with Crippen LogP contribution >= 0.6 is 0 Å². The van der Waals surface area contributed by atoms with E-state index in [-0.39, 0.29) is 12.1 Å². The Bertz CT molecular complexity index is 480. The van der Waals surface area contributed by atoms with Crippen molar-refractivity contribution in [1.29, 1.82) is 0 Å². The van der Waals surface area contributed by atoms with Gasteiger partial charge in [-0.1, -0.05) is 12.8 Å². The van der Waals surface area contributed by atoms with Gasteiger partial charge in [0.2, 0.25) is 0 Å². The number of amides is 2. The van der Waals surface area contributed by atoms with Crippen LogP contribution in [0.15, 0.2) is 0 Å². The lowest BCUT2D eigenvalue weighted by Crippen LogP contribution is -2.55. The Balaban J connectivity index is 1.45. The normalized spacial score (nSPS) is 30.7. The molecular formula is C14H25N3O3S. The number of carbonyl (C=O) groups excluding carboxylic acids is 1. The Kier molecular flexibility index (Phi) is 4.40. The summed E-state index contributed by atoms with van der Waals surface area (Å²) >= 11 is 0. The van der Waals surface area contributed by atoms with E-state index in [1.165, 1.54) is 12.8 Å².